The number of aromatic nitrogens is 4. The summed E-state index contributed by atoms with van der Waals surface area (Å²) in [6, 6.07) is 9.53. The zero-order chi connectivity index (χ0) is 27.9. The van der Waals surface area contributed by atoms with Gasteiger partial charge in [0.05, 0.1) is 12.1 Å². The number of nitrogens with one attached hydrogen (secondary N) is 2. The third-order valence-corrected chi connectivity index (χ3v) is 9.42. The number of carbonyl (C=O) groups excluding carboxylic acids is 2. The summed E-state index contributed by atoms with van der Waals surface area (Å²) < 4.78 is 0. The quantitative estimate of drug-likeness (QED) is 0.286. The highest BCUT2D eigenvalue weighted by Crippen LogP contribution is 2.29. The Morgan fingerprint density at radius 2 is 2.00 bits per heavy atom. The maximum Gasteiger partial charge on any atom is 0.211 e. The molecular weight excluding hydrogens is 543 g/mol. The zero-order valence-electron chi connectivity index (χ0n) is 22.9. The van der Waals surface area contributed by atoms with Gasteiger partial charge in [-0.15, -0.1) is 11.3 Å². The molecule has 40 heavy (non-hydrogen) atoms. The summed E-state index contributed by atoms with van der Waals surface area (Å²) in [6.07, 6.45) is 9.65. The third-order valence-electron chi connectivity index (χ3n) is 7.54. The zero-order valence-corrected chi connectivity index (χ0v) is 24.5. The number of rotatable bonds is 8. The fourth-order valence-electron chi connectivity index (χ4n) is 5.33. The molecule has 0 spiro atoms. The van der Waals surface area contributed by atoms with E-state index in [1.807, 2.05) is 60.6 Å². The number of ketones is 1. The molecule has 2 saturated heterocycles. The van der Waals surface area contributed by atoms with Crippen LogP contribution in [0.2, 0.25) is 0 Å². The van der Waals surface area contributed by atoms with Crippen molar-refractivity contribution in [1.29, 1.82) is 0 Å². The largest absolute Gasteiger partial charge is 0.348 e. The number of aryl methyl sites for hydroxylation is 1. The minimum absolute atomic E-state index is 0.259. The number of aromatic amines is 1. The summed E-state index contributed by atoms with van der Waals surface area (Å²) in [4.78, 5) is 36.2. The molecule has 9 nitrogen and oxygen atoms in total. The number of H-pyrrole nitrogens is 1. The molecule has 1 atom stereocenters. The van der Waals surface area contributed by atoms with Crippen LogP contribution in [-0.2, 0) is 9.59 Å². The number of fused-ring (bicyclic) bond motifs is 1. The van der Waals surface area contributed by atoms with Gasteiger partial charge in [-0.1, -0.05) is 0 Å². The number of thioether (sulfide) groups is 1. The van der Waals surface area contributed by atoms with Crippen LogP contribution in [0.4, 0.5) is 10.8 Å². The lowest BCUT2D eigenvalue weighted by Gasteiger charge is -2.31. The monoisotopic (exact) mass is 577 g/mol. The van der Waals surface area contributed by atoms with Crippen LogP contribution in [0.1, 0.15) is 25.0 Å². The van der Waals surface area contributed by atoms with Crippen molar-refractivity contribution < 1.29 is 9.59 Å². The lowest BCUT2D eigenvalue weighted by molar-refractivity contribution is -0.124. The minimum atomic E-state index is 0.259. The second-order valence-electron chi connectivity index (χ2n) is 10.2. The van der Waals surface area contributed by atoms with Crippen molar-refractivity contribution in [2.24, 2.45) is 5.92 Å². The lowest BCUT2D eigenvalue weighted by Crippen LogP contribution is -2.39. The van der Waals surface area contributed by atoms with Gasteiger partial charge in [0.2, 0.25) is 6.41 Å². The van der Waals surface area contributed by atoms with Gasteiger partial charge < -0.3 is 10.2 Å². The van der Waals surface area contributed by atoms with Crippen molar-refractivity contribution in [2.75, 3.05) is 49.2 Å². The summed E-state index contributed by atoms with van der Waals surface area (Å²) in [6.45, 7) is 6.73. The molecule has 2 fully saturated rings. The number of nitrogens with zero attached hydrogens (tertiary/aromatic N) is 5. The smallest absolute Gasteiger partial charge is 0.211 e. The number of pyridine rings is 1. The first-order chi connectivity index (χ1) is 19.5. The van der Waals surface area contributed by atoms with Gasteiger partial charge in [0, 0.05) is 70.9 Å². The van der Waals surface area contributed by atoms with Crippen LogP contribution in [0.25, 0.3) is 22.2 Å². The maximum absolute atomic E-state index is 12.5. The van der Waals surface area contributed by atoms with Gasteiger partial charge in [-0.25, -0.2) is 4.98 Å². The molecular formula is C29H35N7O2S2. The van der Waals surface area contributed by atoms with Crippen molar-refractivity contribution in [3.63, 3.8) is 0 Å². The Balaban J connectivity index is 0.000000162. The highest BCUT2D eigenvalue weighted by molar-refractivity contribution is 7.99. The second kappa shape index (κ2) is 13.4. The van der Waals surface area contributed by atoms with Gasteiger partial charge in [-0.05, 0) is 69.3 Å². The maximum atomic E-state index is 12.5. The molecule has 3 aromatic heterocycles. The summed E-state index contributed by atoms with van der Waals surface area (Å²) in [5.74, 6) is 0.713. The highest BCUT2D eigenvalue weighted by atomic mass is 32.2. The first kappa shape index (κ1) is 28.3. The molecule has 5 heterocycles. The van der Waals surface area contributed by atoms with E-state index in [1.54, 1.807) is 17.5 Å². The van der Waals surface area contributed by atoms with Gasteiger partial charge in [0.25, 0.3) is 0 Å². The lowest BCUT2D eigenvalue weighted by atomic mass is 9.92. The molecule has 0 saturated carbocycles. The molecule has 1 aromatic carbocycles. The van der Waals surface area contributed by atoms with Crippen LogP contribution >= 0.6 is 23.1 Å². The SMILES string of the molecule is CS[C@H]1CCN(CC(=O)C2CCN(c3nccs3)CC2)C1.Cc1cc(-c2n[nH]c3ccc(NC=O)cc23)ccn1. The average molecular weight is 578 g/mol. The van der Waals surface area contributed by atoms with E-state index in [4.69, 9.17) is 0 Å². The van der Waals surface area contributed by atoms with E-state index in [9.17, 15) is 9.59 Å². The molecule has 0 unspecified atom stereocenters. The number of thiazole rings is 1. The Bertz CT molecular complexity index is 1420. The Hall–Kier alpha value is -3.28. The van der Waals surface area contributed by atoms with Gasteiger partial charge in [0.15, 0.2) is 5.13 Å². The molecule has 0 radical (unpaired) electrons. The number of amides is 1. The van der Waals surface area contributed by atoms with Crippen molar-refractivity contribution >= 4 is 57.0 Å². The van der Waals surface area contributed by atoms with E-state index in [1.165, 1.54) is 6.42 Å². The number of benzene rings is 1. The summed E-state index contributed by atoms with van der Waals surface area (Å²) in [7, 11) is 0. The Morgan fingerprint density at radius 1 is 1.15 bits per heavy atom. The first-order valence-corrected chi connectivity index (χ1v) is 15.7. The predicted molar refractivity (Wildman–Crippen MR) is 164 cm³/mol. The Labute approximate surface area is 242 Å². The number of likely N-dealkylation sites (tertiary alicyclic amines) is 1. The molecule has 2 N–H and O–H groups in total. The van der Waals surface area contributed by atoms with Gasteiger partial charge >= 0.3 is 0 Å². The van der Waals surface area contributed by atoms with Crippen LogP contribution in [0.3, 0.4) is 0 Å². The van der Waals surface area contributed by atoms with Crippen molar-refractivity contribution in [3.05, 3.63) is 53.8 Å². The van der Waals surface area contributed by atoms with Crippen molar-refractivity contribution in [1.82, 2.24) is 25.1 Å². The summed E-state index contributed by atoms with van der Waals surface area (Å²) in [5.41, 5.74) is 4.48. The second-order valence-corrected chi connectivity index (χ2v) is 12.2. The van der Waals surface area contributed by atoms with E-state index in [2.05, 4.69) is 41.5 Å². The van der Waals surface area contributed by atoms with Crippen molar-refractivity contribution in [2.45, 2.75) is 31.4 Å². The van der Waals surface area contributed by atoms with Gasteiger partial charge in [-0.2, -0.15) is 16.9 Å². The molecule has 2 aliphatic rings. The van der Waals surface area contributed by atoms with E-state index in [-0.39, 0.29) is 5.92 Å². The fourth-order valence-corrected chi connectivity index (χ4v) is 6.73. The molecule has 210 valence electrons. The molecule has 2 aliphatic heterocycles. The number of piperidine rings is 1. The number of hydrogen-bond donors (Lipinski definition) is 2. The van der Waals surface area contributed by atoms with Crippen LogP contribution in [0, 0.1) is 12.8 Å². The Kier molecular flexibility index (Phi) is 9.45. The van der Waals surface area contributed by atoms with Crippen LogP contribution < -0.4 is 10.2 Å². The molecule has 1 amide bonds. The molecule has 4 aromatic rings. The van der Waals surface area contributed by atoms with E-state index in [0.717, 1.165) is 82.9 Å². The minimum Gasteiger partial charge on any atom is -0.348 e. The number of Topliss-reactive ketones (excluding diaryl/α,β-unsaturated/α-hetero) is 1. The number of hydrogen-bond acceptors (Lipinski definition) is 9. The third kappa shape index (κ3) is 6.89. The fraction of sp³-hybridized carbons (Fsp3) is 0.414. The van der Waals surface area contributed by atoms with Crippen LogP contribution in [0.15, 0.2) is 48.1 Å². The standard InChI is InChI=1S/C15H23N3OS2.C14H12N4O/c1-20-13-4-6-17(10-13)11-14(19)12-2-7-18(8-3-12)15-16-5-9-21-15;1-9-6-10(4-5-15-9)14-12-7-11(16-8-19)2-3-13(12)17-18-14/h5,9,12-13H,2-4,6-8,10-11H2,1H3;2-8H,1H3,(H,16,19)(H,17,18)/t13-;/m0./s1. The topological polar surface area (TPSA) is 107 Å². The van der Waals surface area contributed by atoms with Crippen LogP contribution in [0.5, 0.6) is 0 Å². The van der Waals surface area contributed by atoms with Gasteiger partial charge in [0.1, 0.15) is 11.5 Å². The van der Waals surface area contributed by atoms with Crippen molar-refractivity contribution in [3.8, 4) is 11.3 Å². The molecule has 0 bridgehead atoms. The molecule has 11 heteroatoms. The Morgan fingerprint density at radius 3 is 2.70 bits per heavy atom. The molecule has 0 aliphatic carbocycles. The number of anilines is 2. The van der Waals surface area contributed by atoms with E-state index < -0.39 is 0 Å². The summed E-state index contributed by atoms with van der Waals surface area (Å²) in [5, 5.41) is 14.8. The van der Waals surface area contributed by atoms with Gasteiger partial charge in [-0.3, -0.25) is 24.6 Å². The van der Waals surface area contributed by atoms with Crippen LogP contribution in [-0.4, -0.2) is 81.5 Å². The number of carbonyl (C=O) groups is 2. The molecule has 6 rings (SSSR count). The summed E-state index contributed by atoms with van der Waals surface area (Å²) >= 11 is 3.62. The van der Waals surface area contributed by atoms with E-state index in [0.29, 0.717) is 18.7 Å². The predicted octanol–water partition coefficient (Wildman–Crippen LogP) is 4.87. The first-order valence-electron chi connectivity index (χ1n) is 13.6. The average Bonchev–Trinajstić information content (AvgIpc) is 3.75. The highest BCUT2D eigenvalue weighted by Gasteiger charge is 2.29. The normalized spacial score (nSPS) is 17.9. The van der Waals surface area contributed by atoms with E-state index >= 15 is 0 Å².